The highest BCUT2D eigenvalue weighted by Crippen LogP contribution is 2.42. The Bertz CT molecular complexity index is 3010. The summed E-state index contributed by atoms with van der Waals surface area (Å²) >= 11 is 0. The first-order valence-electron chi connectivity index (χ1n) is 16.3. The van der Waals surface area contributed by atoms with Gasteiger partial charge in [0.1, 0.15) is 16.7 Å². The molecule has 11 rings (SSSR count). The predicted molar refractivity (Wildman–Crippen MR) is 198 cm³/mol. The quantitative estimate of drug-likeness (QED) is 0.198. The molecule has 0 saturated heterocycles. The monoisotopic (exact) mass is 614 g/mol. The van der Waals surface area contributed by atoms with Crippen molar-refractivity contribution in [3.05, 3.63) is 158 Å². The van der Waals surface area contributed by atoms with Crippen LogP contribution in [0.25, 0.3) is 99.2 Å². The summed E-state index contributed by atoms with van der Waals surface area (Å²) in [4.78, 5) is 0. The molecule has 0 bridgehead atoms. The van der Waals surface area contributed by atoms with Gasteiger partial charge in [-0.3, -0.25) is 4.57 Å². The van der Waals surface area contributed by atoms with E-state index in [2.05, 4.69) is 149 Å². The Morgan fingerprint density at radius 2 is 0.896 bits per heavy atom. The van der Waals surface area contributed by atoms with Crippen LogP contribution in [0, 0.1) is 0 Å². The highest BCUT2D eigenvalue weighted by molar-refractivity contribution is 6.20. The van der Waals surface area contributed by atoms with Gasteiger partial charge in [0.2, 0.25) is 5.71 Å². The molecule has 0 N–H and O–H groups in total. The summed E-state index contributed by atoms with van der Waals surface area (Å²) in [6, 6.07) is 55.9. The summed E-state index contributed by atoms with van der Waals surface area (Å²) < 4.78 is 17.5. The minimum absolute atomic E-state index is 0.864. The minimum atomic E-state index is 0.864. The van der Waals surface area contributed by atoms with Crippen molar-refractivity contribution in [2.24, 2.45) is 0 Å². The van der Waals surface area contributed by atoms with E-state index in [-0.39, 0.29) is 0 Å². The number of hydrogen-bond donors (Lipinski definition) is 0. The van der Waals surface area contributed by atoms with Gasteiger partial charge in [-0.1, -0.05) is 84.9 Å². The third-order valence-corrected chi connectivity index (χ3v) is 9.93. The van der Waals surface area contributed by atoms with E-state index in [9.17, 15) is 0 Å². The number of hydrogen-bond acceptors (Lipinski definition) is 2. The number of fused-ring (bicyclic) bond motifs is 11. The minimum Gasteiger partial charge on any atom is -0.456 e. The number of aromatic nitrogens is 2. The van der Waals surface area contributed by atoms with Crippen molar-refractivity contribution in [1.29, 1.82) is 0 Å². The number of furan rings is 2. The second-order valence-electron chi connectivity index (χ2n) is 12.5. The van der Waals surface area contributed by atoms with E-state index in [0.29, 0.717) is 0 Å². The first-order valence-corrected chi connectivity index (χ1v) is 16.3. The van der Waals surface area contributed by atoms with Crippen molar-refractivity contribution in [1.82, 2.24) is 9.13 Å². The molecule has 0 spiro atoms. The van der Waals surface area contributed by atoms with Gasteiger partial charge < -0.3 is 13.4 Å². The molecule has 0 aliphatic rings. The van der Waals surface area contributed by atoms with Crippen molar-refractivity contribution in [3.63, 3.8) is 0 Å². The number of rotatable bonds is 3. The Balaban J connectivity index is 1.12. The van der Waals surface area contributed by atoms with Crippen molar-refractivity contribution < 1.29 is 8.83 Å². The first kappa shape index (κ1) is 25.6. The van der Waals surface area contributed by atoms with E-state index in [1.54, 1.807) is 0 Å². The standard InChI is InChI=1S/C44H26N2O2/c1-2-10-29(11-3-1)46-39-21-18-27(25-36(39)43-33-14-6-9-17-40(33)48-44(43)46)28-19-22-41-34(24-28)35-26-30(20-23-42(35)47-41)45-37-15-7-4-12-31(37)32-13-5-8-16-38(32)45/h1-26H. The van der Waals surface area contributed by atoms with E-state index < -0.39 is 0 Å². The molecule has 7 aromatic carbocycles. The molecule has 4 aromatic heterocycles. The first-order chi connectivity index (χ1) is 23.8. The summed E-state index contributed by atoms with van der Waals surface area (Å²) in [5.74, 6) is 0. The molecular formula is C44H26N2O2. The van der Waals surface area contributed by atoms with Crippen LogP contribution in [0.4, 0.5) is 0 Å². The van der Waals surface area contributed by atoms with Crippen LogP contribution >= 0.6 is 0 Å². The maximum absolute atomic E-state index is 6.51. The van der Waals surface area contributed by atoms with Crippen molar-refractivity contribution in [3.8, 4) is 22.5 Å². The largest absolute Gasteiger partial charge is 0.456 e. The smallest absolute Gasteiger partial charge is 0.213 e. The molecule has 0 saturated carbocycles. The molecule has 0 unspecified atom stereocenters. The fraction of sp³-hybridized carbons (Fsp3) is 0. The third kappa shape index (κ3) is 3.49. The Morgan fingerprint density at radius 1 is 0.333 bits per heavy atom. The van der Waals surface area contributed by atoms with E-state index in [0.717, 1.165) is 72.0 Å². The summed E-state index contributed by atoms with van der Waals surface area (Å²) in [6.45, 7) is 0. The van der Waals surface area contributed by atoms with Gasteiger partial charge in [0, 0.05) is 43.7 Å². The van der Waals surface area contributed by atoms with Crippen LogP contribution in [0.15, 0.2) is 167 Å². The van der Waals surface area contributed by atoms with Gasteiger partial charge in [-0.2, -0.15) is 0 Å². The average Bonchev–Trinajstić information content (AvgIpc) is 3.88. The van der Waals surface area contributed by atoms with Gasteiger partial charge in [-0.15, -0.1) is 0 Å². The molecule has 0 fully saturated rings. The Hall–Kier alpha value is -6.52. The summed E-state index contributed by atoms with van der Waals surface area (Å²) in [6.07, 6.45) is 0. The zero-order valence-corrected chi connectivity index (χ0v) is 25.7. The molecule has 4 heterocycles. The van der Waals surface area contributed by atoms with Gasteiger partial charge in [0.05, 0.1) is 21.9 Å². The van der Waals surface area contributed by atoms with E-state index in [1.165, 1.54) is 27.2 Å². The molecule has 0 aliphatic carbocycles. The van der Waals surface area contributed by atoms with Gasteiger partial charge in [0.25, 0.3) is 0 Å². The van der Waals surface area contributed by atoms with Crippen LogP contribution in [-0.2, 0) is 0 Å². The van der Waals surface area contributed by atoms with Crippen LogP contribution in [-0.4, -0.2) is 9.13 Å². The zero-order valence-electron chi connectivity index (χ0n) is 25.7. The lowest BCUT2D eigenvalue weighted by atomic mass is 10.00. The van der Waals surface area contributed by atoms with Crippen LogP contribution in [0.3, 0.4) is 0 Å². The van der Waals surface area contributed by atoms with Crippen LogP contribution in [0.5, 0.6) is 0 Å². The Morgan fingerprint density at radius 3 is 1.67 bits per heavy atom. The molecule has 0 atom stereocenters. The van der Waals surface area contributed by atoms with Crippen molar-refractivity contribution >= 4 is 76.7 Å². The lowest BCUT2D eigenvalue weighted by Crippen LogP contribution is -1.93. The predicted octanol–water partition coefficient (Wildman–Crippen LogP) is 12.2. The van der Waals surface area contributed by atoms with Crippen LogP contribution in [0.2, 0.25) is 0 Å². The van der Waals surface area contributed by atoms with Crippen molar-refractivity contribution in [2.75, 3.05) is 0 Å². The van der Waals surface area contributed by atoms with E-state index in [4.69, 9.17) is 8.83 Å². The molecule has 0 aliphatic heterocycles. The number of para-hydroxylation sites is 4. The zero-order chi connectivity index (χ0) is 31.3. The van der Waals surface area contributed by atoms with Gasteiger partial charge in [0.15, 0.2) is 0 Å². The molecule has 0 radical (unpaired) electrons. The summed E-state index contributed by atoms with van der Waals surface area (Å²) in [5.41, 5.74) is 11.5. The topological polar surface area (TPSA) is 36.1 Å². The van der Waals surface area contributed by atoms with Gasteiger partial charge >= 0.3 is 0 Å². The average molecular weight is 615 g/mol. The van der Waals surface area contributed by atoms with Gasteiger partial charge in [-0.25, -0.2) is 0 Å². The van der Waals surface area contributed by atoms with Crippen LogP contribution in [0.1, 0.15) is 0 Å². The molecule has 48 heavy (non-hydrogen) atoms. The van der Waals surface area contributed by atoms with Crippen molar-refractivity contribution in [2.45, 2.75) is 0 Å². The maximum atomic E-state index is 6.51. The molecule has 11 aromatic rings. The summed E-state index contributed by atoms with van der Waals surface area (Å²) in [7, 11) is 0. The van der Waals surface area contributed by atoms with Crippen LogP contribution < -0.4 is 0 Å². The summed E-state index contributed by atoms with van der Waals surface area (Å²) in [5, 5.41) is 8.14. The third-order valence-electron chi connectivity index (χ3n) is 9.93. The number of nitrogens with zero attached hydrogens (tertiary/aromatic N) is 2. The SMILES string of the molecule is c1ccc(-n2c3ccc(-c4ccc5oc6ccc(-n7c8ccccc8c8ccccc87)cc6c5c4)cc3c3c4ccccc4oc32)cc1. The highest BCUT2D eigenvalue weighted by atomic mass is 16.3. The molecule has 224 valence electrons. The fourth-order valence-corrected chi connectivity index (χ4v) is 7.79. The second kappa shape index (κ2) is 9.50. The lowest BCUT2D eigenvalue weighted by Gasteiger charge is -2.08. The van der Waals surface area contributed by atoms with E-state index in [1.807, 2.05) is 18.2 Å². The normalized spacial score (nSPS) is 12.2. The molecular weight excluding hydrogens is 588 g/mol. The molecule has 4 heteroatoms. The van der Waals surface area contributed by atoms with Gasteiger partial charge in [-0.05, 0) is 83.9 Å². The van der Waals surface area contributed by atoms with E-state index >= 15 is 0 Å². The Labute approximate surface area is 274 Å². The fourth-order valence-electron chi connectivity index (χ4n) is 7.79. The Kier molecular flexibility index (Phi) is 5.08. The molecule has 0 amide bonds. The highest BCUT2D eigenvalue weighted by Gasteiger charge is 2.20. The molecule has 4 nitrogen and oxygen atoms in total. The lowest BCUT2D eigenvalue weighted by molar-refractivity contribution is 0.645. The number of benzene rings is 7. The maximum Gasteiger partial charge on any atom is 0.213 e. The second-order valence-corrected chi connectivity index (χ2v) is 12.5.